The van der Waals surface area contributed by atoms with Gasteiger partial charge in [-0.15, -0.1) is 0 Å². The van der Waals surface area contributed by atoms with Crippen LogP contribution in [0, 0.1) is 16.7 Å². The van der Waals surface area contributed by atoms with Gasteiger partial charge >= 0.3 is 0 Å². The lowest BCUT2D eigenvalue weighted by molar-refractivity contribution is -0.125. The Labute approximate surface area is 185 Å². The third kappa shape index (κ3) is 9.74. The molecule has 0 bridgehead atoms. The molecule has 0 saturated heterocycles. The molecular formula is C25H48OS2. The van der Waals surface area contributed by atoms with E-state index in [2.05, 4.69) is 75.8 Å². The minimum Gasteiger partial charge on any atom is -0.299 e. The molecule has 0 aliphatic heterocycles. The number of Topliss-reactive ketones (excluding diaryl/α,β-unsaturated/α-hetero) is 1. The fourth-order valence-electron chi connectivity index (χ4n) is 4.39. The van der Waals surface area contributed by atoms with Crippen LogP contribution in [-0.4, -0.2) is 15.3 Å². The highest BCUT2D eigenvalue weighted by atomic mass is 33.1. The molecule has 0 aliphatic rings. The van der Waals surface area contributed by atoms with Crippen LogP contribution in [0.3, 0.4) is 0 Å². The first-order chi connectivity index (χ1) is 12.5. The fourth-order valence-corrected chi connectivity index (χ4v) is 7.39. The van der Waals surface area contributed by atoms with Crippen LogP contribution in [0.2, 0.25) is 0 Å². The third-order valence-corrected chi connectivity index (χ3v) is 10.0. The van der Waals surface area contributed by atoms with E-state index < -0.39 is 0 Å². The molecule has 0 unspecified atom stereocenters. The van der Waals surface area contributed by atoms with E-state index in [0.29, 0.717) is 5.92 Å². The van der Waals surface area contributed by atoms with Crippen LogP contribution in [0.25, 0.3) is 0 Å². The van der Waals surface area contributed by atoms with Gasteiger partial charge in [-0.2, -0.15) is 0 Å². The molecule has 0 aromatic heterocycles. The number of ketones is 1. The number of carbonyl (C=O) groups is 1. The normalized spacial score (nSPS) is 13.9. The topological polar surface area (TPSA) is 17.1 Å². The molecule has 28 heavy (non-hydrogen) atoms. The van der Waals surface area contributed by atoms with Gasteiger partial charge < -0.3 is 0 Å². The Bertz CT molecular complexity index is 509. The molecule has 0 aromatic rings. The Kier molecular flexibility index (Phi) is 11.0. The minimum atomic E-state index is -0.262. The van der Waals surface area contributed by atoms with Gasteiger partial charge in [0.2, 0.25) is 0 Å². The summed E-state index contributed by atoms with van der Waals surface area (Å²) in [6.07, 6.45) is 6.99. The zero-order valence-electron chi connectivity index (χ0n) is 20.8. The Hall–Kier alpha value is 0.110. The van der Waals surface area contributed by atoms with Crippen molar-refractivity contribution in [3.63, 3.8) is 0 Å². The Morgan fingerprint density at radius 3 is 1.46 bits per heavy atom. The smallest absolute Gasteiger partial charge is 0.135 e. The highest BCUT2D eigenvalue weighted by Gasteiger charge is 2.37. The van der Waals surface area contributed by atoms with Crippen molar-refractivity contribution in [1.29, 1.82) is 0 Å². The summed E-state index contributed by atoms with van der Waals surface area (Å²) in [5.74, 6) is 0.923. The molecule has 166 valence electrons. The molecule has 0 radical (unpaired) electrons. The molecule has 0 rings (SSSR count). The predicted molar refractivity (Wildman–Crippen MR) is 133 cm³/mol. The first-order valence-corrected chi connectivity index (χ1v) is 13.2. The van der Waals surface area contributed by atoms with Gasteiger partial charge in [0.15, 0.2) is 0 Å². The standard InChI is InChI=1S/C25H48OS2/c1-13-15-21(16-14-2)19(3)22(5,6)17-24(9,10)27-28-25(11,12)18-23(7,8)20(4)26/h21H,3,13-18H2,1-2,4-12H3. The predicted octanol–water partition coefficient (Wildman–Crippen LogP) is 9.12. The van der Waals surface area contributed by atoms with E-state index >= 15 is 0 Å². The molecule has 1 nitrogen and oxygen atoms in total. The molecule has 0 amide bonds. The van der Waals surface area contributed by atoms with Gasteiger partial charge in [-0.1, -0.05) is 88.1 Å². The molecule has 0 heterocycles. The molecule has 0 spiro atoms. The van der Waals surface area contributed by atoms with Gasteiger partial charge in [-0.25, -0.2) is 0 Å². The summed E-state index contributed by atoms with van der Waals surface area (Å²) < 4.78 is 0.211. The molecule has 0 saturated carbocycles. The molecule has 0 atom stereocenters. The monoisotopic (exact) mass is 428 g/mol. The van der Waals surface area contributed by atoms with E-state index in [9.17, 15) is 4.79 Å². The summed E-state index contributed by atoms with van der Waals surface area (Å²) in [7, 11) is 3.93. The van der Waals surface area contributed by atoms with Crippen LogP contribution in [0.15, 0.2) is 12.2 Å². The zero-order chi connectivity index (χ0) is 22.4. The van der Waals surface area contributed by atoms with E-state index in [4.69, 9.17) is 0 Å². The summed E-state index contributed by atoms with van der Waals surface area (Å²) in [6.45, 7) is 29.0. The first-order valence-electron chi connectivity index (χ1n) is 11.1. The number of hydrogen-bond donors (Lipinski definition) is 0. The molecule has 0 N–H and O–H groups in total. The maximum atomic E-state index is 12.0. The van der Waals surface area contributed by atoms with Crippen LogP contribution in [0.5, 0.6) is 0 Å². The third-order valence-electron chi connectivity index (χ3n) is 5.82. The lowest BCUT2D eigenvalue weighted by Gasteiger charge is -2.40. The van der Waals surface area contributed by atoms with Crippen LogP contribution >= 0.6 is 21.6 Å². The van der Waals surface area contributed by atoms with Gasteiger partial charge in [0.25, 0.3) is 0 Å². The zero-order valence-corrected chi connectivity index (χ0v) is 22.4. The van der Waals surface area contributed by atoms with Crippen LogP contribution in [-0.2, 0) is 4.79 Å². The number of allylic oxidation sites excluding steroid dienone is 1. The van der Waals surface area contributed by atoms with Crippen molar-refractivity contribution in [3.05, 3.63) is 12.2 Å². The number of rotatable bonds is 14. The fraction of sp³-hybridized carbons (Fsp3) is 0.880. The summed E-state index contributed by atoms with van der Waals surface area (Å²) in [6, 6.07) is 0. The van der Waals surface area contributed by atoms with Crippen LogP contribution in [0.1, 0.15) is 115 Å². The summed E-state index contributed by atoms with van der Waals surface area (Å²) in [5.41, 5.74) is 1.31. The minimum absolute atomic E-state index is 0.0607. The molecule has 3 heteroatoms. The van der Waals surface area contributed by atoms with E-state index in [-0.39, 0.29) is 26.1 Å². The van der Waals surface area contributed by atoms with Crippen molar-refractivity contribution in [3.8, 4) is 0 Å². The summed E-state index contributed by atoms with van der Waals surface area (Å²) >= 11 is 0. The van der Waals surface area contributed by atoms with Gasteiger partial charge in [0.05, 0.1) is 0 Å². The summed E-state index contributed by atoms with van der Waals surface area (Å²) in [4.78, 5) is 12.0. The molecule has 0 aromatic carbocycles. The van der Waals surface area contributed by atoms with E-state index in [1.807, 2.05) is 21.6 Å². The quantitative estimate of drug-likeness (QED) is 0.203. The Balaban J connectivity index is 5.06. The average molecular weight is 429 g/mol. The van der Waals surface area contributed by atoms with Crippen molar-refractivity contribution in [2.24, 2.45) is 16.7 Å². The highest BCUT2D eigenvalue weighted by molar-refractivity contribution is 8.77. The second-order valence-electron chi connectivity index (χ2n) is 11.2. The first kappa shape index (κ1) is 28.1. The Morgan fingerprint density at radius 1 is 0.786 bits per heavy atom. The van der Waals surface area contributed by atoms with E-state index in [1.165, 1.54) is 31.3 Å². The molecule has 0 fully saturated rings. The maximum absolute atomic E-state index is 12.0. The lowest BCUT2D eigenvalue weighted by Crippen LogP contribution is -2.32. The van der Waals surface area contributed by atoms with Crippen molar-refractivity contribution >= 4 is 27.4 Å². The highest BCUT2D eigenvalue weighted by Crippen LogP contribution is 2.52. The van der Waals surface area contributed by atoms with Crippen molar-refractivity contribution in [2.45, 2.75) is 124 Å². The SMILES string of the molecule is C=C(C(CCC)CCC)C(C)(C)CC(C)(C)SSC(C)(C)CC(C)(C)C(C)=O. The Morgan fingerprint density at radius 2 is 1.14 bits per heavy atom. The van der Waals surface area contributed by atoms with E-state index in [0.717, 1.165) is 12.8 Å². The second kappa shape index (κ2) is 10.9. The number of hydrogen-bond acceptors (Lipinski definition) is 3. The van der Waals surface area contributed by atoms with Gasteiger partial charge in [-0.3, -0.25) is 4.79 Å². The average Bonchev–Trinajstić information content (AvgIpc) is 2.50. The van der Waals surface area contributed by atoms with Crippen LogP contribution in [0.4, 0.5) is 0 Å². The molecular weight excluding hydrogens is 380 g/mol. The lowest BCUT2D eigenvalue weighted by atomic mass is 9.71. The molecule has 0 aliphatic carbocycles. The van der Waals surface area contributed by atoms with Gasteiger partial charge in [-0.05, 0) is 71.6 Å². The van der Waals surface area contributed by atoms with Crippen LogP contribution < -0.4 is 0 Å². The maximum Gasteiger partial charge on any atom is 0.135 e. The van der Waals surface area contributed by atoms with Crippen molar-refractivity contribution < 1.29 is 4.79 Å². The van der Waals surface area contributed by atoms with Crippen molar-refractivity contribution in [2.75, 3.05) is 0 Å². The van der Waals surface area contributed by atoms with Gasteiger partial charge in [0, 0.05) is 14.9 Å². The van der Waals surface area contributed by atoms with Crippen molar-refractivity contribution in [1.82, 2.24) is 0 Å². The van der Waals surface area contributed by atoms with Gasteiger partial charge in [0.1, 0.15) is 5.78 Å². The second-order valence-corrected chi connectivity index (χ2v) is 14.7. The number of carbonyl (C=O) groups excluding carboxylic acids is 1. The largest absolute Gasteiger partial charge is 0.299 e. The van der Waals surface area contributed by atoms with E-state index in [1.54, 1.807) is 6.92 Å². The summed E-state index contributed by atoms with van der Waals surface area (Å²) in [5, 5.41) is 0.